The molecule has 24 heavy (non-hydrogen) atoms. The maximum absolute atomic E-state index is 9.02. The number of hydrogen-bond donors (Lipinski definition) is 1. The summed E-state index contributed by atoms with van der Waals surface area (Å²) in [5.74, 6) is 1.27. The second-order valence-electron chi connectivity index (χ2n) is 5.25. The zero-order chi connectivity index (χ0) is 17.4. The Morgan fingerprint density at radius 3 is 2.79 bits per heavy atom. The Bertz CT molecular complexity index is 649. The smallest absolute Gasteiger partial charge is 0.161 e. The average Bonchev–Trinajstić information content (AvgIpc) is 2.61. The number of benzene rings is 1. The number of nitrogens with zero attached hydrogens (tertiary/aromatic N) is 2. The van der Waals surface area contributed by atoms with Crippen LogP contribution in [0.5, 0.6) is 11.5 Å². The molecule has 0 spiro atoms. The Morgan fingerprint density at radius 1 is 1.42 bits per heavy atom. The highest BCUT2D eigenvalue weighted by atomic mass is 32.1. The topological polar surface area (TPSA) is 80.7 Å². The third kappa shape index (κ3) is 5.20. The van der Waals surface area contributed by atoms with Crippen molar-refractivity contribution in [1.82, 2.24) is 4.90 Å². The number of rotatable bonds is 7. The molecule has 7 heteroatoms. The summed E-state index contributed by atoms with van der Waals surface area (Å²) in [6.07, 6.45) is 1.63. The van der Waals surface area contributed by atoms with Crippen molar-refractivity contribution in [1.29, 1.82) is 5.26 Å². The molecule has 1 saturated heterocycles. The van der Waals surface area contributed by atoms with Crippen LogP contribution in [0.4, 0.5) is 0 Å². The molecule has 2 rings (SSSR count). The molecule has 0 radical (unpaired) electrons. The van der Waals surface area contributed by atoms with E-state index in [0.717, 1.165) is 38.4 Å². The maximum Gasteiger partial charge on any atom is 0.161 e. The first-order chi connectivity index (χ1) is 11.6. The lowest BCUT2D eigenvalue weighted by Gasteiger charge is -2.26. The maximum atomic E-state index is 9.02. The first kappa shape index (κ1) is 18.2. The van der Waals surface area contributed by atoms with Crippen LogP contribution < -0.4 is 15.2 Å². The van der Waals surface area contributed by atoms with Gasteiger partial charge in [-0.1, -0.05) is 18.3 Å². The number of thiocarbonyl (C=S) groups is 1. The molecule has 128 valence electrons. The molecule has 1 aromatic carbocycles. The lowest BCUT2D eigenvalue weighted by molar-refractivity contribution is 0.0321. The average molecular weight is 347 g/mol. The first-order valence-corrected chi connectivity index (χ1v) is 8.07. The molecular weight excluding hydrogens is 326 g/mol. The molecule has 0 aromatic heterocycles. The minimum absolute atomic E-state index is 0.0716. The van der Waals surface area contributed by atoms with Crippen LogP contribution in [0, 0.1) is 11.3 Å². The lowest BCUT2D eigenvalue weighted by Crippen LogP contribution is -2.38. The number of nitrogens with two attached hydrogens (primary N) is 1. The minimum Gasteiger partial charge on any atom is -0.493 e. The van der Waals surface area contributed by atoms with Crippen molar-refractivity contribution in [2.75, 3.05) is 46.6 Å². The summed E-state index contributed by atoms with van der Waals surface area (Å²) >= 11 is 4.84. The molecule has 1 aliphatic rings. The van der Waals surface area contributed by atoms with Gasteiger partial charge in [-0.25, -0.2) is 0 Å². The van der Waals surface area contributed by atoms with Gasteiger partial charge in [-0.15, -0.1) is 0 Å². The van der Waals surface area contributed by atoms with E-state index in [1.54, 1.807) is 19.3 Å². The van der Waals surface area contributed by atoms with Gasteiger partial charge in [0.1, 0.15) is 17.7 Å². The van der Waals surface area contributed by atoms with Gasteiger partial charge < -0.3 is 19.9 Å². The van der Waals surface area contributed by atoms with Gasteiger partial charge in [0.05, 0.1) is 25.9 Å². The molecular formula is C17H21N3O3S. The SMILES string of the molecule is COc1cc(/C=C(\C#N)C(N)=S)ccc1OCCN1CCOCC1. The van der Waals surface area contributed by atoms with E-state index in [1.165, 1.54) is 0 Å². The fourth-order valence-electron chi connectivity index (χ4n) is 2.33. The van der Waals surface area contributed by atoms with Crippen molar-refractivity contribution >= 4 is 23.3 Å². The van der Waals surface area contributed by atoms with Gasteiger partial charge in [-0.05, 0) is 23.8 Å². The predicted molar refractivity (Wildman–Crippen MR) is 96.1 cm³/mol. The second-order valence-corrected chi connectivity index (χ2v) is 5.69. The second kappa shape index (κ2) is 9.23. The molecule has 0 aliphatic carbocycles. The Labute approximate surface area is 147 Å². The van der Waals surface area contributed by atoms with Gasteiger partial charge >= 0.3 is 0 Å². The van der Waals surface area contributed by atoms with E-state index >= 15 is 0 Å². The molecule has 0 saturated carbocycles. The van der Waals surface area contributed by atoms with E-state index < -0.39 is 0 Å². The summed E-state index contributed by atoms with van der Waals surface area (Å²) in [6, 6.07) is 7.42. The quantitative estimate of drug-likeness (QED) is 0.456. The van der Waals surface area contributed by atoms with Gasteiger partial charge in [0, 0.05) is 19.6 Å². The normalized spacial score (nSPS) is 15.6. The molecule has 0 bridgehead atoms. The van der Waals surface area contributed by atoms with Crippen molar-refractivity contribution < 1.29 is 14.2 Å². The third-order valence-electron chi connectivity index (χ3n) is 3.65. The summed E-state index contributed by atoms with van der Waals surface area (Å²) in [6.45, 7) is 4.82. The van der Waals surface area contributed by atoms with Gasteiger partial charge in [0.2, 0.25) is 0 Å². The van der Waals surface area contributed by atoms with Gasteiger partial charge in [-0.2, -0.15) is 5.26 Å². The van der Waals surface area contributed by atoms with Crippen LogP contribution in [0.3, 0.4) is 0 Å². The molecule has 1 aliphatic heterocycles. The van der Waals surface area contributed by atoms with E-state index in [4.69, 9.17) is 37.4 Å². The molecule has 0 unspecified atom stereocenters. The van der Waals surface area contributed by atoms with Crippen molar-refractivity contribution in [3.63, 3.8) is 0 Å². The fourth-order valence-corrected chi connectivity index (χ4v) is 2.43. The van der Waals surface area contributed by atoms with Crippen LogP contribution in [-0.4, -0.2) is 56.5 Å². The van der Waals surface area contributed by atoms with Crippen LogP contribution in [0.1, 0.15) is 5.56 Å². The van der Waals surface area contributed by atoms with Crippen molar-refractivity contribution in [2.24, 2.45) is 5.73 Å². The Balaban J connectivity index is 2.00. The summed E-state index contributed by atoms with van der Waals surface area (Å²) in [5.41, 5.74) is 6.54. The van der Waals surface area contributed by atoms with Gasteiger partial charge in [0.25, 0.3) is 0 Å². The molecule has 0 amide bonds. The number of nitriles is 1. The summed E-state index contributed by atoms with van der Waals surface area (Å²) in [7, 11) is 1.58. The van der Waals surface area contributed by atoms with Gasteiger partial charge in [0.15, 0.2) is 11.5 Å². The summed E-state index contributed by atoms with van der Waals surface area (Å²) in [5, 5.41) is 9.02. The highest BCUT2D eigenvalue weighted by molar-refractivity contribution is 7.80. The molecule has 1 heterocycles. The zero-order valence-corrected chi connectivity index (χ0v) is 14.5. The highest BCUT2D eigenvalue weighted by Crippen LogP contribution is 2.29. The number of morpholine rings is 1. The van der Waals surface area contributed by atoms with E-state index in [9.17, 15) is 0 Å². The van der Waals surface area contributed by atoms with Crippen LogP contribution in [0.25, 0.3) is 6.08 Å². The molecule has 0 atom stereocenters. The summed E-state index contributed by atoms with van der Waals surface area (Å²) in [4.78, 5) is 2.37. The third-order valence-corrected chi connectivity index (χ3v) is 3.87. The molecule has 1 fully saturated rings. The number of hydrogen-bond acceptors (Lipinski definition) is 6. The monoisotopic (exact) mass is 347 g/mol. The van der Waals surface area contributed by atoms with Crippen molar-refractivity contribution in [2.45, 2.75) is 0 Å². The molecule has 1 aromatic rings. The van der Waals surface area contributed by atoms with E-state index in [0.29, 0.717) is 18.1 Å². The number of methoxy groups -OCH3 is 1. The minimum atomic E-state index is 0.0716. The van der Waals surface area contributed by atoms with E-state index in [1.807, 2.05) is 18.2 Å². The van der Waals surface area contributed by atoms with Crippen molar-refractivity contribution in [3.05, 3.63) is 29.3 Å². The standard InChI is InChI=1S/C17H21N3O3S/c1-21-16-11-13(10-14(12-18)17(19)24)2-3-15(16)23-9-6-20-4-7-22-8-5-20/h2-3,10-11H,4-9H2,1H3,(H2,19,24)/b14-10+. The van der Waals surface area contributed by atoms with Gasteiger partial charge in [-0.3, -0.25) is 4.90 Å². The lowest BCUT2D eigenvalue weighted by atomic mass is 10.1. The Hall–Kier alpha value is -2.14. The predicted octanol–water partition coefficient (Wildman–Crippen LogP) is 1.60. The number of ether oxygens (including phenoxy) is 3. The summed E-state index contributed by atoms with van der Waals surface area (Å²) < 4.78 is 16.5. The van der Waals surface area contributed by atoms with Crippen LogP contribution in [0.2, 0.25) is 0 Å². The van der Waals surface area contributed by atoms with Crippen LogP contribution >= 0.6 is 12.2 Å². The van der Waals surface area contributed by atoms with E-state index in [-0.39, 0.29) is 10.6 Å². The zero-order valence-electron chi connectivity index (χ0n) is 13.7. The Kier molecular flexibility index (Phi) is 7.00. The van der Waals surface area contributed by atoms with E-state index in [2.05, 4.69) is 4.90 Å². The highest BCUT2D eigenvalue weighted by Gasteiger charge is 2.11. The first-order valence-electron chi connectivity index (χ1n) is 7.66. The van der Waals surface area contributed by atoms with Crippen LogP contribution in [-0.2, 0) is 4.74 Å². The van der Waals surface area contributed by atoms with Crippen molar-refractivity contribution in [3.8, 4) is 17.6 Å². The largest absolute Gasteiger partial charge is 0.493 e. The Morgan fingerprint density at radius 2 is 2.17 bits per heavy atom. The fraction of sp³-hybridized carbons (Fsp3) is 0.412. The molecule has 6 nitrogen and oxygen atoms in total. The molecule has 2 N–H and O–H groups in total. The van der Waals surface area contributed by atoms with Crippen LogP contribution in [0.15, 0.2) is 23.8 Å².